The van der Waals surface area contributed by atoms with Crippen LogP contribution in [0.5, 0.6) is 0 Å². The first-order valence-electron chi connectivity index (χ1n) is 10.0. The van der Waals surface area contributed by atoms with Gasteiger partial charge in [0.15, 0.2) is 12.1 Å². The van der Waals surface area contributed by atoms with Gasteiger partial charge in [-0.3, -0.25) is 30.7 Å². The maximum atomic E-state index is 11.8. The van der Waals surface area contributed by atoms with Crippen LogP contribution in [0.15, 0.2) is 47.0 Å². The number of carbonyl (C=O) groups excluding carboxylic acids is 1. The fourth-order valence-corrected chi connectivity index (χ4v) is 2.78. The molecule has 0 fully saturated rings. The highest BCUT2D eigenvalue weighted by Gasteiger charge is 2.05. The van der Waals surface area contributed by atoms with E-state index in [1.165, 1.54) is 0 Å². The SMILES string of the molecule is O=C(CCCCCCNC(O)NCC1=CCCN=C1)CONc1ccccc1. The van der Waals surface area contributed by atoms with Crippen LogP contribution < -0.4 is 16.1 Å². The molecule has 1 aromatic carbocycles. The molecule has 1 heterocycles. The summed E-state index contributed by atoms with van der Waals surface area (Å²) in [6, 6.07) is 9.49. The second-order valence-electron chi connectivity index (χ2n) is 6.80. The van der Waals surface area contributed by atoms with E-state index in [0.29, 0.717) is 13.0 Å². The molecule has 1 aliphatic rings. The van der Waals surface area contributed by atoms with Crippen LogP contribution in [0.25, 0.3) is 0 Å². The number of ketones is 1. The summed E-state index contributed by atoms with van der Waals surface area (Å²) in [6.45, 7) is 2.28. The normalized spacial score (nSPS) is 14.5. The molecule has 154 valence electrons. The summed E-state index contributed by atoms with van der Waals surface area (Å²) in [6.07, 6.45) is 8.61. The van der Waals surface area contributed by atoms with Gasteiger partial charge in [-0.15, -0.1) is 0 Å². The van der Waals surface area contributed by atoms with Crippen LogP contribution in [0.2, 0.25) is 0 Å². The lowest BCUT2D eigenvalue weighted by atomic mass is 10.1. The number of aliphatic imine (C=N–C) groups is 1. The van der Waals surface area contributed by atoms with E-state index < -0.39 is 6.35 Å². The number of hydrogen-bond donors (Lipinski definition) is 4. The predicted octanol–water partition coefficient (Wildman–Crippen LogP) is 2.41. The fraction of sp³-hybridized carbons (Fsp3) is 0.524. The Morgan fingerprint density at radius 2 is 1.96 bits per heavy atom. The van der Waals surface area contributed by atoms with E-state index in [0.717, 1.165) is 56.5 Å². The average Bonchev–Trinajstić information content (AvgIpc) is 2.73. The van der Waals surface area contributed by atoms with Crippen molar-refractivity contribution in [2.45, 2.75) is 44.9 Å². The fourth-order valence-electron chi connectivity index (χ4n) is 2.78. The van der Waals surface area contributed by atoms with Crippen LogP contribution in [0.3, 0.4) is 0 Å². The van der Waals surface area contributed by atoms with Gasteiger partial charge in [0.25, 0.3) is 0 Å². The Morgan fingerprint density at radius 3 is 2.75 bits per heavy atom. The van der Waals surface area contributed by atoms with Crippen LogP contribution in [-0.2, 0) is 9.63 Å². The number of benzene rings is 1. The van der Waals surface area contributed by atoms with E-state index in [-0.39, 0.29) is 12.4 Å². The zero-order valence-corrected chi connectivity index (χ0v) is 16.4. The van der Waals surface area contributed by atoms with E-state index >= 15 is 0 Å². The summed E-state index contributed by atoms with van der Waals surface area (Å²) in [4.78, 5) is 21.2. The molecule has 7 heteroatoms. The van der Waals surface area contributed by atoms with Crippen LogP contribution in [0.1, 0.15) is 38.5 Å². The summed E-state index contributed by atoms with van der Waals surface area (Å²) in [5.41, 5.74) is 4.71. The molecule has 1 atom stereocenters. The first kappa shape index (κ1) is 22.2. The molecule has 28 heavy (non-hydrogen) atoms. The Kier molecular flexibility index (Phi) is 11.1. The highest BCUT2D eigenvalue weighted by Crippen LogP contribution is 2.06. The molecule has 0 aliphatic carbocycles. The summed E-state index contributed by atoms with van der Waals surface area (Å²) in [5, 5.41) is 15.9. The van der Waals surface area contributed by atoms with Crippen molar-refractivity contribution in [3.05, 3.63) is 42.0 Å². The van der Waals surface area contributed by atoms with Gasteiger partial charge in [-0.2, -0.15) is 0 Å². The molecular formula is C21H32N4O3. The van der Waals surface area contributed by atoms with Gasteiger partial charge >= 0.3 is 0 Å². The van der Waals surface area contributed by atoms with Gasteiger partial charge in [-0.25, -0.2) is 0 Å². The second-order valence-corrected chi connectivity index (χ2v) is 6.80. The van der Waals surface area contributed by atoms with Gasteiger partial charge in [0.2, 0.25) is 0 Å². The minimum atomic E-state index is -0.716. The Balaban J connectivity index is 1.38. The standard InChI is InChI=1S/C21H32N4O3/c26-20(17-28-25-19-10-4-3-5-11-19)12-6-1-2-7-14-23-21(27)24-16-18-9-8-13-22-15-18/h3-5,9-11,15,21,23-25,27H,1-2,6-8,12-14,16-17H2. The number of aliphatic hydroxyl groups excluding tert-OH is 1. The maximum absolute atomic E-state index is 11.8. The zero-order chi connectivity index (χ0) is 19.9. The average molecular weight is 389 g/mol. The van der Waals surface area contributed by atoms with Gasteiger partial charge < -0.3 is 5.11 Å². The number of dihydropyridines is 1. The zero-order valence-electron chi connectivity index (χ0n) is 16.4. The predicted molar refractivity (Wildman–Crippen MR) is 112 cm³/mol. The van der Waals surface area contributed by atoms with E-state index in [1.807, 2.05) is 36.5 Å². The molecule has 2 rings (SSSR count). The van der Waals surface area contributed by atoms with Gasteiger partial charge in [0.05, 0.1) is 5.69 Å². The van der Waals surface area contributed by atoms with Crippen molar-refractivity contribution in [1.29, 1.82) is 0 Å². The molecule has 0 bridgehead atoms. The van der Waals surface area contributed by atoms with Crippen molar-refractivity contribution >= 4 is 17.7 Å². The van der Waals surface area contributed by atoms with E-state index in [2.05, 4.69) is 27.2 Å². The van der Waals surface area contributed by atoms with Gasteiger partial charge in [-0.1, -0.05) is 37.1 Å². The first-order chi connectivity index (χ1) is 13.7. The third-order valence-electron chi connectivity index (χ3n) is 4.34. The molecule has 4 N–H and O–H groups in total. The van der Waals surface area contributed by atoms with E-state index in [9.17, 15) is 9.90 Å². The molecular weight excluding hydrogens is 356 g/mol. The molecule has 0 amide bonds. The molecule has 0 aromatic heterocycles. The van der Waals surface area contributed by atoms with Crippen molar-refractivity contribution in [2.24, 2.45) is 4.99 Å². The molecule has 0 radical (unpaired) electrons. The number of nitrogens with zero attached hydrogens (tertiary/aromatic N) is 1. The Morgan fingerprint density at radius 1 is 1.14 bits per heavy atom. The molecule has 1 unspecified atom stereocenters. The van der Waals surface area contributed by atoms with Gasteiger partial charge in [0.1, 0.15) is 6.61 Å². The Hall–Kier alpha value is -2.06. The monoisotopic (exact) mass is 388 g/mol. The van der Waals surface area contributed by atoms with Crippen LogP contribution in [0.4, 0.5) is 5.69 Å². The van der Waals surface area contributed by atoms with Crippen molar-refractivity contribution in [2.75, 3.05) is 31.7 Å². The third-order valence-corrected chi connectivity index (χ3v) is 4.34. The van der Waals surface area contributed by atoms with Crippen LogP contribution in [-0.4, -0.2) is 49.7 Å². The number of anilines is 1. The lowest BCUT2D eigenvalue weighted by Gasteiger charge is -2.15. The highest BCUT2D eigenvalue weighted by molar-refractivity contribution is 5.80. The lowest BCUT2D eigenvalue weighted by molar-refractivity contribution is -0.122. The molecule has 1 aliphatic heterocycles. The highest BCUT2D eigenvalue weighted by atomic mass is 16.6. The number of nitrogens with one attached hydrogen (secondary N) is 3. The minimum Gasteiger partial charge on any atom is -0.365 e. The van der Waals surface area contributed by atoms with Crippen molar-refractivity contribution in [3.8, 4) is 0 Å². The Bertz CT molecular complexity index is 619. The molecule has 7 nitrogen and oxygen atoms in total. The van der Waals surface area contributed by atoms with E-state index in [1.54, 1.807) is 0 Å². The lowest BCUT2D eigenvalue weighted by Crippen LogP contribution is -2.43. The minimum absolute atomic E-state index is 0.0788. The van der Waals surface area contributed by atoms with Crippen LogP contribution >= 0.6 is 0 Å². The number of unbranched alkanes of at least 4 members (excludes halogenated alkanes) is 3. The van der Waals surface area contributed by atoms with Crippen molar-refractivity contribution < 1.29 is 14.7 Å². The van der Waals surface area contributed by atoms with Crippen LogP contribution in [0, 0.1) is 0 Å². The number of rotatable bonds is 15. The number of Topliss-reactive ketones (excluding diaryl/α,β-unsaturated/α-hetero) is 1. The number of aliphatic hydroxyl groups is 1. The summed E-state index contributed by atoms with van der Waals surface area (Å²) < 4.78 is 0. The van der Waals surface area contributed by atoms with Crippen molar-refractivity contribution in [3.63, 3.8) is 0 Å². The molecule has 0 saturated heterocycles. The molecule has 0 saturated carbocycles. The van der Waals surface area contributed by atoms with E-state index in [4.69, 9.17) is 4.84 Å². The largest absolute Gasteiger partial charge is 0.365 e. The molecule has 1 aromatic rings. The molecule has 0 spiro atoms. The van der Waals surface area contributed by atoms with Gasteiger partial charge in [0, 0.05) is 25.7 Å². The number of hydrogen-bond acceptors (Lipinski definition) is 7. The summed E-state index contributed by atoms with van der Waals surface area (Å²) in [5.74, 6) is 0.0988. The summed E-state index contributed by atoms with van der Waals surface area (Å²) >= 11 is 0. The Labute approximate surface area is 167 Å². The number of para-hydroxylation sites is 1. The number of carbonyl (C=O) groups is 1. The van der Waals surface area contributed by atoms with Crippen molar-refractivity contribution in [1.82, 2.24) is 10.6 Å². The summed E-state index contributed by atoms with van der Waals surface area (Å²) in [7, 11) is 0. The maximum Gasteiger partial charge on any atom is 0.161 e. The quantitative estimate of drug-likeness (QED) is 0.209. The van der Waals surface area contributed by atoms with Gasteiger partial charge in [-0.05, 0) is 43.5 Å². The second kappa shape index (κ2) is 14.0. The first-order valence-corrected chi connectivity index (χ1v) is 10.0. The topological polar surface area (TPSA) is 95.0 Å². The smallest absolute Gasteiger partial charge is 0.161 e. The third kappa shape index (κ3) is 10.3.